The molecule has 0 aliphatic rings. The van der Waals surface area contributed by atoms with Crippen LogP contribution >= 0.6 is 0 Å². The maximum absolute atomic E-state index is 14.3. The van der Waals surface area contributed by atoms with Crippen LogP contribution in [0.4, 0.5) is 30.7 Å². The number of hydrogen-bond donors (Lipinski definition) is 0. The average Bonchev–Trinajstić information content (AvgIpc) is 2.73. The van der Waals surface area contributed by atoms with E-state index in [-0.39, 0.29) is 5.56 Å². The van der Waals surface area contributed by atoms with Crippen molar-refractivity contribution < 1.29 is 30.7 Å². The van der Waals surface area contributed by atoms with Gasteiger partial charge in [0.25, 0.3) is 0 Å². The average molecular weight is 418 g/mol. The Morgan fingerprint density at radius 2 is 0.900 bits per heavy atom. The molecule has 3 rings (SSSR count). The third-order valence-corrected chi connectivity index (χ3v) is 3.91. The van der Waals surface area contributed by atoms with E-state index in [2.05, 4.69) is 17.8 Å². The van der Waals surface area contributed by atoms with Gasteiger partial charge in [0.1, 0.15) is 11.1 Å². The van der Waals surface area contributed by atoms with E-state index < -0.39 is 46.1 Å². The summed E-state index contributed by atoms with van der Waals surface area (Å²) in [5.74, 6) is 1.66. The van der Waals surface area contributed by atoms with Gasteiger partial charge in [-0.3, -0.25) is 0 Å². The van der Waals surface area contributed by atoms with Crippen LogP contribution in [0.1, 0.15) is 27.8 Å². The fraction of sp³-hybridized carbons (Fsp3) is 0.0435. The molecule has 0 unspecified atom stereocenters. The van der Waals surface area contributed by atoms with Gasteiger partial charge in [0.15, 0.2) is 23.3 Å². The lowest BCUT2D eigenvalue weighted by molar-refractivity contribution is -0.137. The first-order valence-electron chi connectivity index (χ1n) is 8.30. The summed E-state index contributed by atoms with van der Waals surface area (Å²) in [6, 6.07) is 11.4. The maximum Gasteiger partial charge on any atom is 0.416 e. The Morgan fingerprint density at radius 1 is 0.500 bits per heavy atom. The molecular formula is C23H9F7. The predicted molar refractivity (Wildman–Crippen MR) is 96.1 cm³/mol. The van der Waals surface area contributed by atoms with Crippen molar-refractivity contribution in [1.82, 2.24) is 0 Å². The van der Waals surface area contributed by atoms with Crippen molar-refractivity contribution in [2.75, 3.05) is 0 Å². The summed E-state index contributed by atoms with van der Waals surface area (Å²) >= 11 is 0. The first-order valence-corrected chi connectivity index (χ1v) is 8.30. The summed E-state index contributed by atoms with van der Waals surface area (Å²) in [6.07, 6.45) is -4.56. The first kappa shape index (κ1) is 21.0. The summed E-state index contributed by atoms with van der Waals surface area (Å²) in [4.78, 5) is 0. The Balaban J connectivity index is 1.99. The van der Waals surface area contributed by atoms with Gasteiger partial charge < -0.3 is 0 Å². The molecule has 0 bridgehead atoms. The maximum atomic E-state index is 14.3. The topological polar surface area (TPSA) is 0 Å². The predicted octanol–water partition coefficient (Wildman–Crippen LogP) is 6.06. The monoisotopic (exact) mass is 418 g/mol. The van der Waals surface area contributed by atoms with Crippen LogP contribution in [-0.2, 0) is 6.18 Å². The molecule has 0 aromatic heterocycles. The Labute approximate surface area is 167 Å². The lowest BCUT2D eigenvalue weighted by Gasteiger charge is -2.05. The van der Waals surface area contributed by atoms with Gasteiger partial charge in [-0.05, 0) is 36.4 Å². The Bertz CT molecular complexity index is 1170. The van der Waals surface area contributed by atoms with Crippen molar-refractivity contribution in [2.24, 2.45) is 0 Å². The highest BCUT2D eigenvalue weighted by Crippen LogP contribution is 2.29. The van der Waals surface area contributed by atoms with Crippen molar-refractivity contribution in [1.29, 1.82) is 0 Å². The molecule has 7 heteroatoms. The second kappa shape index (κ2) is 8.34. The van der Waals surface area contributed by atoms with Gasteiger partial charge in [-0.15, -0.1) is 0 Å². The van der Waals surface area contributed by atoms with Crippen LogP contribution in [0, 0.1) is 47.0 Å². The quantitative estimate of drug-likeness (QED) is 0.237. The summed E-state index contributed by atoms with van der Waals surface area (Å²) in [7, 11) is 0. The molecule has 0 aliphatic heterocycles. The minimum absolute atomic E-state index is 0.0319. The number of hydrogen-bond acceptors (Lipinski definition) is 0. The van der Waals surface area contributed by atoms with Gasteiger partial charge in [0.2, 0.25) is 0 Å². The lowest BCUT2D eigenvalue weighted by Crippen LogP contribution is -2.05. The molecule has 0 nitrogen and oxygen atoms in total. The number of alkyl halides is 3. The van der Waals surface area contributed by atoms with E-state index >= 15 is 0 Å². The van der Waals surface area contributed by atoms with Gasteiger partial charge in [0.05, 0.1) is 5.56 Å². The van der Waals surface area contributed by atoms with Crippen LogP contribution in [0.2, 0.25) is 0 Å². The first-order chi connectivity index (χ1) is 14.2. The largest absolute Gasteiger partial charge is 0.416 e. The minimum atomic E-state index is -4.56. The van der Waals surface area contributed by atoms with Crippen LogP contribution in [-0.4, -0.2) is 0 Å². The molecule has 0 saturated carbocycles. The highest BCUT2D eigenvalue weighted by atomic mass is 19.4. The van der Waals surface area contributed by atoms with Crippen molar-refractivity contribution in [2.45, 2.75) is 6.18 Å². The summed E-state index contributed by atoms with van der Waals surface area (Å²) in [6.45, 7) is 0. The molecule has 0 radical (unpaired) electrons. The molecular weight excluding hydrogens is 409 g/mol. The Morgan fingerprint density at radius 3 is 1.30 bits per heavy atom. The number of halogens is 7. The van der Waals surface area contributed by atoms with E-state index in [1.54, 1.807) is 30.3 Å². The van der Waals surface area contributed by atoms with E-state index in [1.165, 1.54) is 0 Å². The third-order valence-electron chi connectivity index (χ3n) is 3.91. The van der Waals surface area contributed by atoms with Crippen molar-refractivity contribution >= 4 is 0 Å². The summed E-state index contributed by atoms with van der Waals surface area (Å²) in [5, 5.41) is 0. The molecule has 0 spiro atoms. The highest BCUT2D eigenvalue weighted by Gasteiger charge is 2.30. The van der Waals surface area contributed by atoms with E-state index in [1.807, 2.05) is 5.92 Å². The van der Waals surface area contributed by atoms with Gasteiger partial charge in [-0.25, -0.2) is 17.6 Å². The smallest absolute Gasteiger partial charge is 0.202 e. The number of benzene rings is 3. The van der Waals surface area contributed by atoms with E-state index in [9.17, 15) is 30.7 Å². The SMILES string of the molecule is Fc1c(F)c(C#Cc2ccc(C(F)(F)F)cc2)c(F)c(F)c1C#Cc1ccccc1. The highest BCUT2D eigenvalue weighted by molar-refractivity contribution is 5.51. The van der Waals surface area contributed by atoms with Gasteiger partial charge in [0, 0.05) is 11.1 Å². The molecule has 0 fully saturated rings. The molecule has 0 heterocycles. The van der Waals surface area contributed by atoms with Crippen molar-refractivity contribution in [3.63, 3.8) is 0 Å². The molecule has 0 N–H and O–H groups in total. The van der Waals surface area contributed by atoms with E-state index in [4.69, 9.17) is 0 Å². The second-order valence-corrected chi connectivity index (χ2v) is 5.95. The zero-order chi connectivity index (χ0) is 21.9. The molecule has 0 aliphatic carbocycles. The van der Waals surface area contributed by atoms with Crippen LogP contribution in [0.25, 0.3) is 0 Å². The summed E-state index contributed by atoms with van der Waals surface area (Å²) in [5.41, 5.74) is -2.87. The third kappa shape index (κ3) is 4.47. The molecule has 3 aromatic rings. The van der Waals surface area contributed by atoms with Gasteiger partial charge >= 0.3 is 6.18 Å². The van der Waals surface area contributed by atoms with Gasteiger partial charge in [-0.1, -0.05) is 41.9 Å². The minimum Gasteiger partial charge on any atom is -0.202 e. The van der Waals surface area contributed by atoms with Crippen LogP contribution in [0.5, 0.6) is 0 Å². The molecule has 0 atom stereocenters. The van der Waals surface area contributed by atoms with Crippen molar-refractivity contribution in [3.8, 4) is 23.7 Å². The Hall–Kier alpha value is -3.71. The van der Waals surface area contributed by atoms with Crippen molar-refractivity contribution in [3.05, 3.63) is 106 Å². The van der Waals surface area contributed by atoms with Crippen LogP contribution in [0.3, 0.4) is 0 Å². The fourth-order valence-electron chi connectivity index (χ4n) is 2.38. The summed E-state index contributed by atoms with van der Waals surface area (Å²) < 4.78 is 94.6. The second-order valence-electron chi connectivity index (χ2n) is 5.95. The van der Waals surface area contributed by atoms with Gasteiger partial charge in [-0.2, -0.15) is 13.2 Å². The molecule has 0 saturated heterocycles. The molecule has 0 amide bonds. The van der Waals surface area contributed by atoms with E-state index in [0.29, 0.717) is 5.56 Å². The Kier molecular flexibility index (Phi) is 5.84. The number of rotatable bonds is 0. The zero-order valence-corrected chi connectivity index (χ0v) is 14.8. The molecule has 30 heavy (non-hydrogen) atoms. The standard InChI is InChI=1S/C23H9F7/c24-19-17(12-8-14-4-2-1-3-5-14)20(25)22(27)18(21(19)26)13-9-15-6-10-16(11-7-15)23(28,29)30/h1-7,10-11H. The van der Waals surface area contributed by atoms with Crippen LogP contribution in [0.15, 0.2) is 54.6 Å². The zero-order valence-electron chi connectivity index (χ0n) is 14.8. The molecule has 150 valence electrons. The van der Waals surface area contributed by atoms with Crippen LogP contribution < -0.4 is 0 Å². The molecule has 3 aromatic carbocycles. The normalized spacial score (nSPS) is 10.6. The fourth-order valence-corrected chi connectivity index (χ4v) is 2.38. The van der Waals surface area contributed by atoms with E-state index in [0.717, 1.165) is 24.3 Å². The lowest BCUT2D eigenvalue weighted by atomic mass is 10.1.